The predicted octanol–water partition coefficient (Wildman–Crippen LogP) is 10.7. The second-order valence-corrected chi connectivity index (χ2v) is 11.3. The topological polar surface area (TPSA) is 51.8 Å². The van der Waals surface area contributed by atoms with Crippen molar-refractivity contribution in [3.63, 3.8) is 0 Å². The maximum atomic E-state index is 6.11. The Labute approximate surface area is 259 Å². The van der Waals surface area contributed by atoms with Gasteiger partial charge in [0.1, 0.15) is 11.2 Å². The number of furan rings is 1. The lowest BCUT2D eigenvalue weighted by Gasteiger charge is -2.14. The van der Waals surface area contributed by atoms with Gasteiger partial charge in [0.25, 0.3) is 0 Å². The minimum absolute atomic E-state index is 0.614. The Balaban J connectivity index is 1.31. The molecule has 0 atom stereocenters. The summed E-state index contributed by atoms with van der Waals surface area (Å²) in [5, 5.41) is 6.80. The Morgan fingerprint density at radius 3 is 1.71 bits per heavy atom. The highest BCUT2D eigenvalue weighted by molar-refractivity contribution is 6.06. The van der Waals surface area contributed by atoms with Gasteiger partial charge in [0.15, 0.2) is 17.5 Å². The molecule has 0 radical (unpaired) electrons. The van der Waals surface area contributed by atoms with Gasteiger partial charge in [-0.2, -0.15) is 0 Å². The third-order valence-corrected chi connectivity index (χ3v) is 8.49. The molecule has 0 saturated carbocycles. The highest BCUT2D eigenvalue weighted by Crippen LogP contribution is 2.38. The van der Waals surface area contributed by atoms with Gasteiger partial charge >= 0.3 is 0 Å². The van der Waals surface area contributed by atoms with Crippen LogP contribution in [0.2, 0.25) is 0 Å². The lowest BCUT2D eigenvalue weighted by Crippen LogP contribution is -2.01. The average Bonchev–Trinajstić information content (AvgIpc) is 3.49. The zero-order valence-electron chi connectivity index (χ0n) is 24.2. The largest absolute Gasteiger partial charge is 0.456 e. The van der Waals surface area contributed by atoms with Crippen molar-refractivity contribution in [2.45, 2.75) is 0 Å². The van der Waals surface area contributed by atoms with E-state index in [0.717, 1.165) is 55.1 Å². The van der Waals surface area contributed by atoms with Crippen molar-refractivity contribution in [1.29, 1.82) is 0 Å². The summed E-state index contributed by atoms with van der Waals surface area (Å²) < 4.78 is 6.11. The van der Waals surface area contributed by atoms with Gasteiger partial charge in [0.05, 0.1) is 0 Å². The molecule has 4 heteroatoms. The second-order valence-electron chi connectivity index (χ2n) is 11.3. The van der Waals surface area contributed by atoms with Gasteiger partial charge in [-0.25, -0.2) is 15.0 Å². The summed E-state index contributed by atoms with van der Waals surface area (Å²) in [5.41, 5.74) is 6.69. The summed E-state index contributed by atoms with van der Waals surface area (Å²) in [4.78, 5) is 15.3. The number of rotatable bonds is 4. The van der Waals surface area contributed by atoms with Crippen molar-refractivity contribution in [2.75, 3.05) is 0 Å². The molecule has 2 aromatic heterocycles. The molecule has 0 spiro atoms. The van der Waals surface area contributed by atoms with Crippen LogP contribution < -0.4 is 0 Å². The molecule has 2 heterocycles. The molecular formula is C41H25N3O. The molecule has 0 amide bonds. The van der Waals surface area contributed by atoms with Gasteiger partial charge in [0.2, 0.25) is 0 Å². The van der Waals surface area contributed by atoms with E-state index >= 15 is 0 Å². The molecule has 0 unspecified atom stereocenters. The van der Waals surface area contributed by atoms with Gasteiger partial charge in [-0.15, -0.1) is 0 Å². The summed E-state index contributed by atoms with van der Waals surface area (Å²) in [6.07, 6.45) is 0. The van der Waals surface area contributed by atoms with E-state index < -0.39 is 0 Å². The van der Waals surface area contributed by atoms with Crippen molar-refractivity contribution < 1.29 is 4.42 Å². The number of hydrogen-bond donors (Lipinski definition) is 0. The summed E-state index contributed by atoms with van der Waals surface area (Å²) in [6, 6.07) is 52.4. The molecular weight excluding hydrogens is 550 g/mol. The summed E-state index contributed by atoms with van der Waals surface area (Å²) in [6.45, 7) is 0. The number of hydrogen-bond acceptors (Lipinski definition) is 4. The van der Waals surface area contributed by atoms with Crippen molar-refractivity contribution >= 4 is 43.5 Å². The minimum Gasteiger partial charge on any atom is -0.456 e. The van der Waals surface area contributed by atoms with Crippen molar-refractivity contribution in [1.82, 2.24) is 15.0 Å². The van der Waals surface area contributed by atoms with Crippen molar-refractivity contribution in [3.8, 4) is 45.3 Å². The third-order valence-electron chi connectivity index (χ3n) is 8.49. The van der Waals surface area contributed by atoms with E-state index in [-0.39, 0.29) is 0 Å². The van der Waals surface area contributed by atoms with Crippen LogP contribution in [0.5, 0.6) is 0 Å². The molecule has 9 aromatic rings. The summed E-state index contributed by atoms with van der Waals surface area (Å²) in [5.74, 6) is 1.87. The van der Waals surface area contributed by atoms with E-state index in [1.807, 2.05) is 60.7 Å². The lowest BCUT2D eigenvalue weighted by atomic mass is 9.93. The zero-order valence-corrected chi connectivity index (χ0v) is 24.2. The van der Waals surface area contributed by atoms with Gasteiger partial charge in [-0.3, -0.25) is 0 Å². The second kappa shape index (κ2) is 10.2. The van der Waals surface area contributed by atoms with Crippen molar-refractivity contribution in [2.24, 2.45) is 0 Å². The maximum Gasteiger partial charge on any atom is 0.164 e. The van der Waals surface area contributed by atoms with E-state index in [4.69, 9.17) is 19.4 Å². The van der Waals surface area contributed by atoms with Crippen LogP contribution in [0, 0.1) is 0 Å². The molecule has 4 nitrogen and oxygen atoms in total. The Hall–Kier alpha value is -6.13. The molecule has 0 aliphatic carbocycles. The Morgan fingerprint density at radius 1 is 0.333 bits per heavy atom. The normalized spacial score (nSPS) is 11.6. The first-order chi connectivity index (χ1) is 22.3. The van der Waals surface area contributed by atoms with Crippen LogP contribution in [-0.2, 0) is 0 Å². The summed E-state index contributed by atoms with van der Waals surface area (Å²) >= 11 is 0. The lowest BCUT2D eigenvalue weighted by molar-refractivity contribution is 0.669. The van der Waals surface area contributed by atoms with E-state index in [2.05, 4.69) is 91.0 Å². The predicted molar refractivity (Wildman–Crippen MR) is 184 cm³/mol. The van der Waals surface area contributed by atoms with Gasteiger partial charge in [0, 0.05) is 27.5 Å². The smallest absolute Gasteiger partial charge is 0.164 e. The Morgan fingerprint density at radius 2 is 0.911 bits per heavy atom. The number of para-hydroxylation sites is 1. The standard InChI is InChI=1S/C41H25N3O/c1-2-11-27(12-3-1)39-42-40(32-20-21-38-35(25-32)33-16-8-9-17-37(33)45-38)44-41(43-39)36-24-30-15-7-6-14-29(30)23-34(36)31-19-18-26-10-4-5-13-28(26)22-31/h1-25H. The monoisotopic (exact) mass is 575 g/mol. The molecule has 0 N–H and O–H groups in total. The molecule has 0 fully saturated rings. The molecule has 0 aliphatic heterocycles. The van der Waals surface area contributed by atoms with Crippen LogP contribution in [0.15, 0.2) is 156 Å². The number of benzene rings is 7. The quantitative estimate of drug-likeness (QED) is 0.209. The fourth-order valence-electron chi connectivity index (χ4n) is 6.23. The molecule has 0 aliphatic rings. The molecule has 0 saturated heterocycles. The minimum atomic E-state index is 0.614. The van der Waals surface area contributed by atoms with Crippen molar-refractivity contribution in [3.05, 3.63) is 152 Å². The fraction of sp³-hybridized carbons (Fsp3) is 0. The Kier molecular flexibility index (Phi) is 5.78. The maximum absolute atomic E-state index is 6.11. The Bertz CT molecular complexity index is 2550. The molecule has 45 heavy (non-hydrogen) atoms. The van der Waals surface area contributed by atoms with Crippen LogP contribution in [0.4, 0.5) is 0 Å². The molecule has 0 bridgehead atoms. The van der Waals surface area contributed by atoms with Crippen LogP contribution in [-0.4, -0.2) is 15.0 Å². The third kappa shape index (κ3) is 4.43. The van der Waals surface area contributed by atoms with E-state index in [9.17, 15) is 0 Å². The first kappa shape index (κ1) is 25.4. The molecule has 7 aromatic carbocycles. The average molecular weight is 576 g/mol. The first-order valence-electron chi connectivity index (χ1n) is 15.0. The van der Waals surface area contributed by atoms with Crippen LogP contribution in [0.25, 0.3) is 88.8 Å². The van der Waals surface area contributed by atoms with E-state index in [0.29, 0.717) is 17.5 Å². The van der Waals surface area contributed by atoms with Crippen LogP contribution >= 0.6 is 0 Å². The van der Waals surface area contributed by atoms with E-state index in [1.54, 1.807) is 0 Å². The number of nitrogens with zero attached hydrogens (tertiary/aromatic N) is 3. The molecule has 210 valence electrons. The number of fused-ring (bicyclic) bond motifs is 5. The zero-order chi connectivity index (χ0) is 29.7. The highest BCUT2D eigenvalue weighted by atomic mass is 16.3. The molecule has 9 rings (SSSR count). The van der Waals surface area contributed by atoms with Crippen LogP contribution in [0.3, 0.4) is 0 Å². The van der Waals surface area contributed by atoms with Gasteiger partial charge < -0.3 is 4.42 Å². The van der Waals surface area contributed by atoms with Crippen LogP contribution in [0.1, 0.15) is 0 Å². The fourth-order valence-corrected chi connectivity index (χ4v) is 6.23. The SMILES string of the molecule is c1ccc(-c2nc(-c3ccc4oc5ccccc5c4c3)nc(-c3cc4ccccc4cc3-c3ccc4ccccc4c3)n2)cc1. The van der Waals surface area contributed by atoms with Gasteiger partial charge in [-0.1, -0.05) is 109 Å². The first-order valence-corrected chi connectivity index (χ1v) is 15.0. The highest BCUT2D eigenvalue weighted by Gasteiger charge is 2.18. The van der Waals surface area contributed by atoms with Gasteiger partial charge in [-0.05, 0) is 75.1 Å². The summed E-state index contributed by atoms with van der Waals surface area (Å²) in [7, 11) is 0. The van der Waals surface area contributed by atoms with E-state index in [1.165, 1.54) is 16.2 Å². The number of aromatic nitrogens is 3.